The van der Waals surface area contributed by atoms with Gasteiger partial charge in [0.25, 0.3) is 0 Å². The third kappa shape index (κ3) is 4.87. The summed E-state index contributed by atoms with van der Waals surface area (Å²) in [5.74, 6) is 0. The molecule has 1 aromatic rings. The molecule has 0 unspecified atom stereocenters. The van der Waals surface area contributed by atoms with Crippen molar-refractivity contribution in [3.63, 3.8) is 0 Å². The molecule has 3 N–H and O–H groups in total. The zero-order chi connectivity index (χ0) is 12.7. The lowest BCUT2D eigenvalue weighted by Gasteiger charge is -2.09. The number of nitrogens with one attached hydrogen (secondary N) is 2. The van der Waals surface area contributed by atoms with Crippen molar-refractivity contribution in [2.24, 2.45) is 0 Å². The van der Waals surface area contributed by atoms with Crippen LogP contribution in [0.15, 0.2) is 18.2 Å². The molecule has 0 aromatic heterocycles. The van der Waals surface area contributed by atoms with E-state index in [0.717, 1.165) is 6.42 Å². The van der Waals surface area contributed by atoms with Crippen molar-refractivity contribution in [2.75, 3.05) is 19.7 Å². The van der Waals surface area contributed by atoms with Crippen LogP contribution in [0.25, 0.3) is 0 Å². The van der Waals surface area contributed by atoms with Gasteiger partial charge in [-0.05, 0) is 31.4 Å². The van der Waals surface area contributed by atoms with Gasteiger partial charge in [-0.3, -0.25) is 0 Å². The van der Waals surface area contributed by atoms with Crippen LogP contribution in [-0.2, 0) is 6.42 Å². The van der Waals surface area contributed by atoms with Gasteiger partial charge >= 0.3 is 6.03 Å². The summed E-state index contributed by atoms with van der Waals surface area (Å²) >= 11 is 0. The van der Waals surface area contributed by atoms with Crippen molar-refractivity contribution in [3.05, 3.63) is 34.9 Å². The predicted octanol–water partition coefficient (Wildman–Crippen LogP) is 1.14. The Morgan fingerprint density at radius 3 is 2.59 bits per heavy atom. The lowest BCUT2D eigenvalue weighted by atomic mass is 10.0. The molecular formula is C13H20N2O2. The number of hydrogen-bond acceptors (Lipinski definition) is 2. The van der Waals surface area contributed by atoms with E-state index in [1.165, 1.54) is 16.7 Å². The third-order valence-electron chi connectivity index (χ3n) is 2.58. The summed E-state index contributed by atoms with van der Waals surface area (Å²) < 4.78 is 0. The third-order valence-corrected chi connectivity index (χ3v) is 2.58. The van der Waals surface area contributed by atoms with Gasteiger partial charge in [0.05, 0.1) is 6.61 Å². The SMILES string of the molecule is Cc1ccc(CCNC(=O)NCCO)c(C)c1. The molecule has 17 heavy (non-hydrogen) atoms. The first-order chi connectivity index (χ1) is 8.13. The number of benzene rings is 1. The second-order valence-corrected chi connectivity index (χ2v) is 4.09. The van der Waals surface area contributed by atoms with E-state index < -0.39 is 0 Å². The summed E-state index contributed by atoms with van der Waals surface area (Å²) in [6, 6.07) is 6.08. The molecule has 0 saturated heterocycles. The van der Waals surface area contributed by atoms with E-state index in [4.69, 9.17) is 5.11 Å². The molecule has 0 atom stereocenters. The van der Waals surface area contributed by atoms with Crippen LogP contribution in [0.4, 0.5) is 4.79 Å². The summed E-state index contributed by atoms with van der Waals surface area (Å²) in [6.07, 6.45) is 0.818. The van der Waals surface area contributed by atoms with Crippen LogP contribution in [0.2, 0.25) is 0 Å². The largest absolute Gasteiger partial charge is 0.395 e. The monoisotopic (exact) mass is 236 g/mol. The number of aliphatic hydroxyl groups excluding tert-OH is 1. The van der Waals surface area contributed by atoms with Crippen LogP contribution in [-0.4, -0.2) is 30.8 Å². The summed E-state index contributed by atoms with van der Waals surface area (Å²) in [5.41, 5.74) is 3.75. The van der Waals surface area contributed by atoms with Crippen LogP contribution in [0, 0.1) is 13.8 Å². The van der Waals surface area contributed by atoms with Crippen LogP contribution >= 0.6 is 0 Å². The van der Waals surface area contributed by atoms with Crippen molar-refractivity contribution in [2.45, 2.75) is 20.3 Å². The molecule has 0 spiro atoms. The summed E-state index contributed by atoms with van der Waals surface area (Å²) in [4.78, 5) is 11.2. The molecule has 1 aromatic carbocycles. The molecular weight excluding hydrogens is 216 g/mol. The van der Waals surface area contributed by atoms with Gasteiger partial charge in [-0.15, -0.1) is 0 Å². The Morgan fingerprint density at radius 1 is 1.24 bits per heavy atom. The number of hydrogen-bond donors (Lipinski definition) is 3. The van der Waals surface area contributed by atoms with E-state index in [-0.39, 0.29) is 19.2 Å². The average Bonchev–Trinajstić information content (AvgIpc) is 2.29. The summed E-state index contributed by atoms with van der Waals surface area (Å²) in [6.45, 7) is 4.99. The smallest absolute Gasteiger partial charge is 0.314 e. The van der Waals surface area contributed by atoms with E-state index >= 15 is 0 Å². The highest BCUT2D eigenvalue weighted by Crippen LogP contribution is 2.10. The summed E-state index contributed by atoms with van der Waals surface area (Å²) in [5, 5.41) is 13.8. The predicted molar refractivity (Wildman–Crippen MR) is 68.1 cm³/mol. The minimum atomic E-state index is -0.233. The van der Waals surface area contributed by atoms with Crippen molar-refractivity contribution in [1.82, 2.24) is 10.6 Å². The second-order valence-electron chi connectivity index (χ2n) is 4.09. The van der Waals surface area contributed by atoms with E-state index in [2.05, 4.69) is 42.7 Å². The molecule has 0 aliphatic carbocycles. The Kier molecular flexibility index (Phi) is 5.49. The molecule has 0 bridgehead atoms. The molecule has 0 aliphatic heterocycles. The fourth-order valence-electron chi connectivity index (χ4n) is 1.67. The number of rotatable bonds is 5. The first kappa shape index (κ1) is 13.5. The van der Waals surface area contributed by atoms with Gasteiger partial charge in [0.1, 0.15) is 0 Å². The van der Waals surface area contributed by atoms with Crippen LogP contribution in [0.1, 0.15) is 16.7 Å². The first-order valence-electron chi connectivity index (χ1n) is 5.82. The Labute approximate surface area is 102 Å². The highest BCUT2D eigenvalue weighted by molar-refractivity contribution is 5.73. The van der Waals surface area contributed by atoms with Crippen LogP contribution in [0.3, 0.4) is 0 Å². The Bertz CT molecular complexity index is 378. The molecule has 0 radical (unpaired) electrons. The highest BCUT2D eigenvalue weighted by Gasteiger charge is 2.01. The number of aryl methyl sites for hydroxylation is 2. The van der Waals surface area contributed by atoms with Crippen molar-refractivity contribution < 1.29 is 9.90 Å². The zero-order valence-corrected chi connectivity index (χ0v) is 10.4. The molecule has 4 nitrogen and oxygen atoms in total. The number of aliphatic hydroxyl groups is 1. The van der Waals surface area contributed by atoms with E-state index in [0.29, 0.717) is 6.54 Å². The Morgan fingerprint density at radius 2 is 1.94 bits per heavy atom. The molecule has 94 valence electrons. The number of urea groups is 1. The fourth-order valence-corrected chi connectivity index (χ4v) is 1.67. The molecule has 4 heteroatoms. The van der Waals surface area contributed by atoms with Gasteiger partial charge in [0.2, 0.25) is 0 Å². The minimum absolute atomic E-state index is 0.0372. The van der Waals surface area contributed by atoms with E-state index in [1.54, 1.807) is 0 Å². The number of amides is 2. The van der Waals surface area contributed by atoms with Gasteiger partial charge < -0.3 is 15.7 Å². The van der Waals surface area contributed by atoms with Crippen molar-refractivity contribution in [1.29, 1.82) is 0 Å². The number of carbonyl (C=O) groups is 1. The topological polar surface area (TPSA) is 61.4 Å². The maximum Gasteiger partial charge on any atom is 0.314 e. The molecule has 0 fully saturated rings. The molecule has 0 saturated carbocycles. The van der Waals surface area contributed by atoms with Gasteiger partial charge in [0.15, 0.2) is 0 Å². The normalized spacial score (nSPS) is 10.1. The average molecular weight is 236 g/mol. The van der Waals surface area contributed by atoms with Crippen molar-refractivity contribution in [3.8, 4) is 0 Å². The van der Waals surface area contributed by atoms with Gasteiger partial charge in [-0.2, -0.15) is 0 Å². The summed E-state index contributed by atoms with van der Waals surface area (Å²) in [7, 11) is 0. The van der Waals surface area contributed by atoms with Gasteiger partial charge in [-0.1, -0.05) is 23.8 Å². The lowest BCUT2D eigenvalue weighted by Crippen LogP contribution is -2.38. The first-order valence-corrected chi connectivity index (χ1v) is 5.82. The quantitative estimate of drug-likeness (QED) is 0.718. The molecule has 2 amide bonds. The molecule has 0 heterocycles. The standard InChI is InChI=1S/C13H20N2O2/c1-10-3-4-12(11(2)9-10)5-6-14-13(17)15-7-8-16/h3-4,9,16H,5-8H2,1-2H3,(H2,14,15,17). The molecule has 1 rings (SSSR count). The van der Waals surface area contributed by atoms with Crippen LogP contribution < -0.4 is 10.6 Å². The Balaban J connectivity index is 2.33. The van der Waals surface area contributed by atoms with E-state index in [1.807, 2.05) is 0 Å². The molecule has 0 aliphatic rings. The van der Waals surface area contributed by atoms with Gasteiger partial charge in [0, 0.05) is 13.1 Å². The maximum absolute atomic E-state index is 11.2. The van der Waals surface area contributed by atoms with E-state index in [9.17, 15) is 4.79 Å². The zero-order valence-electron chi connectivity index (χ0n) is 10.4. The van der Waals surface area contributed by atoms with Gasteiger partial charge in [-0.25, -0.2) is 4.79 Å². The Hall–Kier alpha value is -1.55. The fraction of sp³-hybridized carbons (Fsp3) is 0.462. The number of carbonyl (C=O) groups excluding carboxylic acids is 1. The lowest BCUT2D eigenvalue weighted by molar-refractivity contribution is 0.234. The minimum Gasteiger partial charge on any atom is -0.395 e. The second kappa shape index (κ2) is 6.91. The maximum atomic E-state index is 11.2. The highest BCUT2D eigenvalue weighted by atomic mass is 16.3. The van der Waals surface area contributed by atoms with Crippen LogP contribution in [0.5, 0.6) is 0 Å². The van der Waals surface area contributed by atoms with Crippen molar-refractivity contribution >= 4 is 6.03 Å².